The van der Waals surface area contributed by atoms with E-state index in [-0.39, 0.29) is 33.7 Å². The largest absolute Gasteiger partial charge is 0.294 e. The Bertz CT molecular complexity index is 2160. The van der Waals surface area contributed by atoms with Gasteiger partial charge in [0.25, 0.3) is 10.1 Å². The van der Waals surface area contributed by atoms with Gasteiger partial charge < -0.3 is 0 Å². The smallest absolute Gasteiger partial charge is 0.282 e. The summed E-state index contributed by atoms with van der Waals surface area (Å²) in [5.41, 5.74) is 3.47. The van der Waals surface area contributed by atoms with E-state index in [9.17, 15) is 13.0 Å². The maximum Gasteiger partial charge on any atom is 0.294 e. The highest BCUT2D eigenvalue weighted by Crippen LogP contribution is 2.27. The van der Waals surface area contributed by atoms with Gasteiger partial charge in [0.05, 0.1) is 27.6 Å². The summed E-state index contributed by atoms with van der Waals surface area (Å²) in [5, 5.41) is 19.1. The van der Waals surface area contributed by atoms with E-state index in [1.807, 2.05) is 84.9 Å². The molecule has 0 spiro atoms. The number of hydrogen-bond donors (Lipinski definition) is 1. The van der Waals surface area contributed by atoms with Crippen molar-refractivity contribution in [2.75, 3.05) is 0 Å². The first-order chi connectivity index (χ1) is 21.8. The van der Waals surface area contributed by atoms with E-state index < -0.39 is 10.1 Å². The fourth-order valence-electron chi connectivity index (χ4n) is 4.58. The minimum Gasteiger partial charge on any atom is -0.282 e. The second-order valence-electron chi connectivity index (χ2n) is 9.99. The third-order valence-corrected chi connectivity index (χ3v) is 7.83. The van der Waals surface area contributed by atoms with Crippen molar-refractivity contribution in [1.29, 1.82) is 0 Å². The molecule has 0 amide bonds. The second-order valence-corrected chi connectivity index (χ2v) is 11.7. The van der Waals surface area contributed by atoms with Crippen LogP contribution in [0.5, 0.6) is 0 Å². The molecule has 222 valence electrons. The van der Waals surface area contributed by atoms with Gasteiger partial charge in [-0.3, -0.25) is 4.55 Å². The number of azo groups is 2. The molecular formula is C33H24ClN7O3S. The van der Waals surface area contributed by atoms with Gasteiger partial charge in [-0.1, -0.05) is 66.7 Å². The first-order valence-electron chi connectivity index (χ1n) is 13.7. The predicted octanol–water partition coefficient (Wildman–Crippen LogP) is 8.94. The maximum absolute atomic E-state index is 12.2. The topological polar surface area (TPSA) is 142 Å². The molecule has 0 aliphatic rings. The van der Waals surface area contributed by atoms with Gasteiger partial charge >= 0.3 is 0 Å². The standard InChI is InChI=1S/C33H24ClN7O3S/c34-33-36-31(18-22-10-14-27(15-11-22)39-40-28-16-12-23-6-4-5-7-24(23)19-28)35-32(37-33)20-25-13-17-29(21-30(25)45(42,43)44)41-38-26-8-2-1-3-9-26/h1-17,19,21H,18,20H2,(H,42,43,44). The molecule has 1 heterocycles. The Morgan fingerprint density at radius 2 is 1.13 bits per heavy atom. The van der Waals surface area contributed by atoms with Crippen molar-refractivity contribution in [3.63, 3.8) is 0 Å². The van der Waals surface area contributed by atoms with Gasteiger partial charge in [0, 0.05) is 12.8 Å². The number of aromatic nitrogens is 3. The van der Waals surface area contributed by atoms with Gasteiger partial charge in [-0.2, -0.15) is 28.9 Å². The summed E-state index contributed by atoms with van der Waals surface area (Å²) in [6.07, 6.45) is 0.329. The molecule has 0 bridgehead atoms. The fourth-order valence-corrected chi connectivity index (χ4v) is 5.52. The lowest BCUT2D eigenvalue weighted by Gasteiger charge is -2.09. The Balaban J connectivity index is 1.17. The SMILES string of the molecule is O=S(=O)(O)c1cc(N=Nc2ccccc2)ccc1Cc1nc(Cl)nc(Cc2ccc(N=Nc3ccc4ccccc4c3)cc2)n1. The van der Waals surface area contributed by atoms with Crippen LogP contribution in [-0.2, 0) is 23.0 Å². The van der Waals surface area contributed by atoms with Crippen molar-refractivity contribution < 1.29 is 13.0 Å². The van der Waals surface area contributed by atoms with E-state index in [4.69, 9.17) is 11.6 Å². The molecular weight excluding hydrogens is 610 g/mol. The molecule has 0 saturated carbocycles. The van der Waals surface area contributed by atoms with Crippen LogP contribution in [0.1, 0.15) is 22.8 Å². The van der Waals surface area contributed by atoms with E-state index >= 15 is 0 Å². The number of fused-ring (bicyclic) bond motifs is 1. The number of rotatable bonds is 9. The van der Waals surface area contributed by atoms with Crippen LogP contribution in [0.4, 0.5) is 22.7 Å². The fraction of sp³-hybridized carbons (Fsp3) is 0.0606. The summed E-state index contributed by atoms with van der Waals surface area (Å²) in [6.45, 7) is 0. The Morgan fingerprint density at radius 1 is 0.578 bits per heavy atom. The van der Waals surface area contributed by atoms with Crippen LogP contribution in [0, 0.1) is 0 Å². The zero-order chi connectivity index (χ0) is 31.2. The van der Waals surface area contributed by atoms with Crippen LogP contribution in [0.15, 0.2) is 141 Å². The first kappa shape index (κ1) is 29.8. The van der Waals surface area contributed by atoms with Gasteiger partial charge in [0.15, 0.2) is 0 Å². The number of nitrogens with zero attached hydrogens (tertiary/aromatic N) is 7. The monoisotopic (exact) mass is 633 g/mol. The van der Waals surface area contributed by atoms with Crippen LogP contribution in [0.2, 0.25) is 5.28 Å². The van der Waals surface area contributed by atoms with E-state index in [1.54, 1.807) is 18.2 Å². The van der Waals surface area contributed by atoms with Crippen LogP contribution in [0.25, 0.3) is 10.8 Å². The quantitative estimate of drug-likeness (QED) is 0.124. The molecule has 12 heteroatoms. The minimum atomic E-state index is -4.59. The minimum absolute atomic E-state index is 0.0193. The Labute approximate surface area is 264 Å². The molecule has 0 aliphatic heterocycles. The highest BCUT2D eigenvalue weighted by Gasteiger charge is 2.18. The zero-order valence-corrected chi connectivity index (χ0v) is 25.1. The summed E-state index contributed by atoms with van der Waals surface area (Å²) >= 11 is 6.21. The maximum atomic E-state index is 12.2. The van der Waals surface area contributed by atoms with E-state index in [2.05, 4.69) is 35.4 Å². The molecule has 0 aliphatic carbocycles. The number of halogens is 1. The molecule has 1 aromatic heterocycles. The van der Waals surface area contributed by atoms with Crippen molar-refractivity contribution >= 4 is 55.2 Å². The lowest BCUT2D eigenvalue weighted by atomic mass is 10.1. The summed E-state index contributed by atoms with van der Waals surface area (Å²) < 4.78 is 34.4. The first-order valence-corrected chi connectivity index (χ1v) is 15.6. The molecule has 0 saturated heterocycles. The molecule has 5 aromatic carbocycles. The van der Waals surface area contributed by atoms with Crippen LogP contribution in [0.3, 0.4) is 0 Å². The molecule has 0 atom stereocenters. The Kier molecular flexibility index (Phi) is 8.74. The lowest BCUT2D eigenvalue weighted by Crippen LogP contribution is -2.08. The molecule has 6 rings (SSSR count). The van der Waals surface area contributed by atoms with Gasteiger partial charge in [-0.05, 0) is 82.0 Å². The number of hydrogen-bond acceptors (Lipinski definition) is 9. The average molecular weight is 634 g/mol. The molecule has 45 heavy (non-hydrogen) atoms. The van der Waals surface area contributed by atoms with E-state index in [1.165, 1.54) is 12.1 Å². The lowest BCUT2D eigenvalue weighted by molar-refractivity contribution is 0.482. The summed E-state index contributed by atoms with van der Waals surface area (Å²) in [7, 11) is -4.59. The van der Waals surface area contributed by atoms with Crippen LogP contribution >= 0.6 is 11.6 Å². The third kappa shape index (κ3) is 7.84. The molecule has 0 unspecified atom stereocenters. The van der Waals surface area contributed by atoms with E-state index in [0.717, 1.165) is 22.0 Å². The zero-order valence-electron chi connectivity index (χ0n) is 23.6. The third-order valence-electron chi connectivity index (χ3n) is 6.73. The highest BCUT2D eigenvalue weighted by atomic mass is 35.5. The Hall–Kier alpha value is -5.23. The van der Waals surface area contributed by atoms with Gasteiger partial charge in [0.1, 0.15) is 11.6 Å². The number of benzene rings is 5. The normalized spacial score (nSPS) is 12.0. The Morgan fingerprint density at radius 3 is 1.84 bits per heavy atom. The van der Waals surface area contributed by atoms with Gasteiger partial charge in [0.2, 0.25) is 5.28 Å². The molecule has 10 nitrogen and oxygen atoms in total. The molecule has 6 aromatic rings. The van der Waals surface area contributed by atoms with E-state index in [0.29, 0.717) is 23.6 Å². The molecule has 1 N–H and O–H groups in total. The predicted molar refractivity (Wildman–Crippen MR) is 172 cm³/mol. The van der Waals surface area contributed by atoms with Crippen LogP contribution < -0.4 is 0 Å². The van der Waals surface area contributed by atoms with Crippen molar-refractivity contribution in [1.82, 2.24) is 15.0 Å². The second kappa shape index (κ2) is 13.2. The highest BCUT2D eigenvalue weighted by molar-refractivity contribution is 7.85. The summed E-state index contributed by atoms with van der Waals surface area (Å²) in [4.78, 5) is 12.6. The van der Waals surface area contributed by atoms with Crippen molar-refractivity contribution in [2.45, 2.75) is 17.7 Å². The van der Waals surface area contributed by atoms with Gasteiger partial charge in [-0.25, -0.2) is 15.0 Å². The summed E-state index contributed by atoms with van der Waals surface area (Å²) in [6, 6.07) is 34.8. The van der Waals surface area contributed by atoms with Crippen molar-refractivity contribution in [3.05, 3.63) is 143 Å². The summed E-state index contributed by atoms with van der Waals surface area (Å²) in [5.74, 6) is 0.645. The average Bonchev–Trinajstić information content (AvgIpc) is 3.03. The van der Waals surface area contributed by atoms with Gasteiger partial charge in [-0.15, -0.1) is 0 Å². The van der Waals surface area contributed by atoms with Crippen molar-refractivity contribution in [2.24, 2.45) is 20.5 Å². The van der Waals surface area contributed by atoms with Crippen molar-refractivity contribution in [3.8, 4) is 0 Å². The molecule has 0 radical (unpaired) electrons. The molecule has 0 fully saturated rings. The van der Waals surface area contributed by atoms with Crippen LogP contribution in [-0.4, -0.2) is 27.9 Å².